The van der Waals surface area contributed by atoms with Crippen LogP contribution in [-0.2, 0) is 4.43 Å². The molecule has 0 amide bonds. The van der Waals surface area contributed by atoms with E-state index >= 15 is 0 Å². The topological polar surface area (TPSA) is 9.23 Å². The zero-order valence-corrected chi connectivity index (χ0v) is 30.2. The van der Waals surface area contributed by atoms with Crippen molar-refractivity contribution in [2.45, 2.75) is 238 Å². The van der Waals surface area contributed by atoms with Crippen molar-refractivity contribution >= 4 is 10.5 Å². The lowest BCUT2D eigenvalue weighted by Crippen LogP contribution is -2.32. The zero-order chi connectivity index (χ0) is 28.5. The van der Waals surface area contributed by atoms with Crippen LogP contribution in [0.3, 0.4) is 0 Å². The van der Waals surface area contributed by atoms with E-state index in [2.05, 4.69) is 20.8 Å². The largest absolute Gasteiger partial charge is 0.422 e. The van der Waals surface area contributed by atoms with E-state index in [1.54, 1.807) is 0 Å². The second-order valence-electron chi connectivity index (χ2n) is 13.2. The maximum absolute atomic E-state index is 6.52. The molecule has 0 aliphatic rings. The summed E-state index contributed by atoms with van der Waals surface area (Å²) in [7, 11) is 0.909. The number of hydrogen-bond acceptors (Lipinski definition) is 1. The standard InChI is InChI=1S/C37H78OSi/c1-4-7-10-13-16-19-22-25-28-31-34-37(38-39,35-32-29-26-23-20-17-14-11-8-5-2)36-33-30-27-24-21-18-15-12-9-6-3/h4-36H2,1-3,39H3. The summed E-state index contributed by atoms with van der Waals surface area (Å²) in [6, 6.07) is 0. The van der Waals surface area contributed by atoms with Gasteiger partial charge in [-0.3, -0.25) is 0 Å². The quantitative estimate of drug-likeness (QED) is 0.0556. The molecule has 1 nitrogen and oxygen atoms in total. The molecular weight excluding hydrogens is 488 g/mol. The van der Waals surface area contributed by atoms with Gasteiger partial charge in [0, 0.05) is 0 Å². The molecule has 0 aliphatic heterocycles. The number of rotatable bonds is 34. The van der Waals surface area contributed by atoms with Crippen molar-refractivity contribution in [3.8, 4) is 0 Å². The van der Waals surface area contributed by atoms with Gasteiger partial charge in [0.25, 0.3) is 0 Å². The van der Waals surface area contributed by atoms with Crippen molar-refractivity contribution in [1.82, 2.24) is 0 Å². The van der Waals surface area contributed by atoms with E-state index in [1.807, 2.05) is 0 Å². The highest BCUT2D eigenvalue weighted by Gasteiger charge is 2.27. The molecule has 0 bridgehead atoms. The number of hydrogen-bond donors (Lipinski definition) is 0. The van der Waals surface area contributed by atoms with Crippen LogP contribution in [0.25, 0.3) is 0 Å². The monoisotopic (exact) mass is 567 g/mol. The minimum atomic E-state index is 0.229. The summed E-state index contributed by atoms with van der Waals surface area (Å²) in [5.74, 6) is 0. The third kappa shape index (κ3) is 28.1. The van der Waals surface area contributed by atoms with Gasteiger partial charge < -0.3 is 4.43 Å². The van der Waals surface area contributed by atoms with Crippen LogP contribution in [0.1, 0.15) is 233 Å². The van der Waals surface area contributed by atoms with E-state index in [0.29, 0.717) is 0 Å². The van der Waals surface area contributed by atoms with Crippen molar-refractivity contribution < 1.29 is 4.43 Å². The molecule has 0 unspecified atom stereocenters. The first-order chi connectivity index (χ1) is 19.2. The molecule has 0 aromatic heterocycles. The van der Waals surface area contributed by atoms with E-state index in [0.717, 1.165) is 10.5 Å². The van der Waals surface area contributed by atoms with Gasteiger partial charge in [-0.15, -0.1) is 0 Å². The average Bonchev–Trinajstić information content (AvgIpc) is 2.95. The first-order valence-corrected chi connectivity index (χ1v) is 19.6. The summed E-state index contributed by atoms with van der Waals surface area (Å²) in [6.45, 7) is 6.94. The second-order valence-corrected chi connectivity index (χ2v) is 13.6. The molecule has 0 spiro atoms. The van der Waals surface area contributed by atoms with Crippen LogP contribution < -0.4 is 0 Å². The minimum Gasteiger partial charge on any atom is -0.422 e. The van der Waals surface area contributed by atoms with Crippen LogP contribution in [0.4, 0.5) is 0 Å². The van der Waals surface area contributed by atoms with Crippen molar-refractivity contribution in [3.05, 3.63) is 0 Å². The van der Waals surface area contributed by atoms with Crippen LogP contribution in [0, 0.1) is 0 Å². The summed E-state index contributed by atoms with van der Waals surface area (Å²) in [4.78, 5) is 0. The Morgan fingerprint density at radius 1 is 0.308 bits per heavy atom. The van der Waals surface area contributed by atoms with Crippen LogP contribution in [0.2, 0.25) is 0 Å². The highest BCUT2D eigenvalue weighted by Crippen LogP contribution is 2.32. The van der Waals surface area contributed by atoms with Gasteiger partial charge in [-0.05, 0) is 19.3 Å². The van der Waals surface area contributed by atoms with Crippen LogP contribution in [0.5, 0.6) is 0 Å². The SMILES string of the molecule is CCCCCCCCCCCCC(CCCCCCCCCCCC)(CCCCCCCCCCCC)O[SiH3]. The molecule has 0 rings (SSSR count). The van der Waals surface area contributed by atoms with Gasteiger partial charge in [-0.1, -0.05) is 213 Å². The first-order valence-electron chi connectivity index (χ1n) is 18.8. The summed E-state index contributed by atoms with van der Waals surface area (Å²) >= 11 is 0. The van der Waals surface area contributed by atoms with Gasteiger partial charge >= 0.3 is 0 Å². The fourth-order valence-corrected chi connectivity index (χ4v) is 7.10. The Labute approximate surface area is 252 Å². The molecular formula is C37H78OSi. The fourth-order valence-electron chi connectivity index (χ4n) is 6.49. The van der Waals surface area contributed by atoms with E-state index in [-0.39, 0.29) is 5.60 Å². The van der Waals surface area contributed by atoms with Crippen molar-refractivity contribution in [2.24, 2.45) is 0 Å². The van der Waals surface area contributed by atoms with Crippen LogP contribution in [-0.4, -0.2) is 16.1 Å². The van der Waals surface area contributed by atoms with E-state index in [1.165, 1.54) is 212 Å². The predicted molar refractivity (Wildman–Crippen MR) is 183 cm³/mol. The van der Waals surface area contributed by atoms with Crippen molar-refractivity contribution in [1.29, 1.82) is 0 Å². The van der Waals surface area contributed by atoms with E-state index < -0.39 is 0 Å². The fraction of sp³-hybridized carbons (Fsp3) is 1.00. The van der Waals surface area contributed by atoms with Gasteiger partial charge in [0.2, 0.25) is 0 Å². The molecule has 0 aromatic rings. The van der Waals surface area contributed by atoms with Gasteiger partial charge in [0.1, 0.15) is 10.5 Å². The molecule has 0 radical (unpaired) electrons. The summed E-state index contributed by atoms with van der Waals surface area (Å²) < 4.78 is 6.52. The van der Waals surface area contributed by atoms with E-state index in [4.69, 9.17) is 4.43 Å². The zero-order valence-electron chi connectivity index (χ0n) is 28.2. The predicted octanol–water partition coefficient (Wildman–Crippen LogP) is 13.0. The Morgan fingerprint density at radius 2 is 0.487 bits per heavy atom. The molecule has 0 heterocycles. The minimum absolute atomic E-state index is 0.229. The molecule has 0 fully saturated rings. The second kappa shape index (κ2) is 32.7. The van der Waals surface area contributed by atoms with E-state index in [9.17, 15) is 0 Å². The molecule has 0 N–H and O–H groups in total. The summed E-state index contributed by atoms with van der Waals surface area (Å²) in [6.07, 6.45) is 47.1. The Balaban J connectivity index is 4.22. The van der Waals surface area contributed by atoms with Gasteiger partial charge in [-0.25, -0.2) is 0 Å². The van der Waals surface area contributed by atoms with Gasteiger partial charge in [0.05, 0.1) is 5.60 Å². The maximum atomic E-state index is 6.52. The molecule has 0 saturated heterocycles. The Hall–Kier alpha value is 0.177. The van der Waals surface area contributed by atoms with Crippen molar-refractivity contribution in [2.75, 3.05) is 0 Å². The molecule has 39 heavy (non-hydrogen) atoms. The first kappa shape index (κ1) is 39.2. The lowest BCUT2D eigenvalue weighted by Gasteiger charge is -2.34. The Bertz CT molecular complexity index is 377. The third-order valence-corrected chi connectivity index (χ3v) is 10.3. The average molecular weight is 567 g/mol. The van der Waals surface area contributed by atoms with Crippen LogP contribution >= 0.6 is 0 Å². The van der Waals surface area contributed by atoms with Crippen molar-refractivity contribution in [3.63, 3.8) is 0 Å². The molecule has 0 saturated carbocycles. The maximum Gasteiger partial charge on any atom is 0.146 e. The lowest BCUT2D eigenvalue weighted by molar-refractivity contribution is 0.0422. The normalized spacial score (nSPS) is 12.1. The number of unbranched alkanes of at least 4 members (excludes halogenated alkanes) is 27. The molecule has 2 heteroatoms. The third-order valence-electron chi connectivity index (χ3n) is 9.39. The molecule has 0 aromatic carbocycles. The Morgan fingerprint density at radius 3 is 0.667 bits per heavy atom. The Kier molecular flexibility index (Phi) is 32.8. The highest BCUT2D eigenvalue weighted by atomic mass is 28.2. The molecule has 0 atom stereocenters. The van der Waals surface area contributed by atoms with Crippen LogP contribution in [0.15, 0.2) is 0 Å². The van der Waals surface area contributed by atoms with Gasteiger partial charge in [0.15, 0.2) is 0 Å². The van der Waals surface area contributed by atoms with Gasteiger partial charge in [-0.2, -0.15) is 0 Å². The smallest absolute Gasteiger partial charge is 0.146 e. The highest BCUT2D eigenvalue weighted by molar-refractivity contribution is 5.98. The lowest BCUT2D eigenvalue weighted by atomic mass is 9.85. The summed E-state index contributed by atoms with van der Waals surface area (Å²) in [5, 5.41) is 0. The molecule has 236 valence electrons. The molecule has 0 aliphatic carbocycles. The summed E-state index contributed by atoms with van der Waals surface area (Å²) in [5.41, 5.74) is 0.229.